The molecule has 0 radical (unpaired) electrons. The summed E-state index contributed by atoms with van der Waals surface area (Å²) in [5.41, 5.74) is 1.96. The quantitative estimate of drug-likeness (QED) is 0.807. The molecule has 102 valence electrons. The Morgan fingerprint density at radius 2 is 2.00 bits per heavy atom. The van der Waals surface area contributed by atoms with Crippen LogP contribution in [0.4, 0.5) is 0 Å². The Bertz CT molecular complexity index is 639. The maximum Gasteiger partial charge on any atom is 0.231 e. The van der Waals surface area contributed by atoms with Gasteiger partial charge in [0.25, 0.3) is 0 Å². The molecule has 0 spiro atoms. The molecule has 0 fully saturated rings. The van der Waals surface area contributed by atoms with Crippen molar-refractivity contribution in [3.8, 4) is 11.5 Å². The van der Waals surface area contributed by atoms with Crippen LogP contribution in [0, 0.1) is 0 Å². The molecular formula is C16H13ClO3. The molecule has 4 heteroatoms. The van der Waals surface area contributed by atoms with Gasteiger partial charge in [0, 0.05) is 10.9 Å². The lowest BCUT2D eigenvalue weighted by Crippen LogP contribution is -2.04. The Morgan fingerprint density at radius 3 is 2.80 bits per heavy atom. The number of rotatable bonds is 4. The van der Waals surface area contributed by atoms with E-state index in [0.29, 0.717) is 11.4 Å². The van der Waals surface area contributed by atoms with Crippen LogP contribution in [0.25, 0.3) is 0 Å². The molecular weight excluding hydrogens is 276 g/mol. The molecule has 0 aliphatic carbocycles. The van der Waals surface area contributed by atoms with E-state index < -0.39 is 0 Å². The van der Waals surface area contributed by atoms with E-state index in [4.69, 9.17) is 21.1 Å². The minimum absolute atomic E-state index is 0.214. The first-order chi connectivity index (χ1) is 9.76. The Hall–Kier alpha value is -2.00. The molecule has 1 heterocycles. The SMILES string of the molecule is O=CC(Cc1ccc2c(c1)OCO2)c1cccc(Cl)c1. The van der Waals surface area contributed by atoms with Crippen molar-refractivity contribution in [2.75, 3.05) is 6.79 Å². The maximum absolute atomic E-state index is 11.4. The molecule has 3 rings (SSSR count). The van der Waals surface area contributed by atoms with Gasteiger partial charge < -0.3 is 14.3 Å². The number of fused-ring (bicyclic) bond motifs is 1. The van der Waals surface area contributed by atoms with Crippen LogP contribution in [0.5, 0.6) is 11.5 Å². The second-order valence-electron chi connectivity index (χ2n) is 4.69. The summed E-state index contributed by atoms with van der Waals surface area (Å²) in [6.45, 7) is 0.254. The van der Waals surface area contributed by atoms with Crippen LogP contribution in [-0.4, -0.2) is 13.1 Å². The predicted molar refractivity (Wildman–Crippen MR) is 76.5 cm³/mol. The lowest BCUT2D eigenvalue weighted by molar-refractivity contribution is -0.109. The third-order valence-corrected chi connectivity index (χ3v) is 3.57. The third kappa shape index (κ3) is 2.63. The van der Waals surface area contributed by atoms with Crippen molar-refractivity contribution in [3.63, 3.8) is 0 Å². The summed E-state index contributed by atoms with van der Waals surface area (Å²) in [4.78, 5) is 11.4. The van der Waals surface area contributed by atoms with E-state index in [2.05, 4.69) is 0 Å². The van der Waals surface area contributed by atoms with Gasteiger partial charge in [0.2, 0.25) is 6.79 Å². The van der Waals surface area contributed by atoms with E-state index in [9.17, 15) is 4.79 Å². The van der Waals surface area contributed by atoms with Gasteiger partial charge in [-0.25, -0.2) is 0 Å². The Labute approximate surface area is 122 Å². The van der Waals surface area contributed by atoms with Crippen LogP contribution >= 0.6 is 11.6 Å². The van der Waals surface area contributed by atoms with E-state index >= 15 is 0 Å². The molecule has 0 saturated heterocycles. The summed E-state index contributed by atoms with van der Waals surface area (Å²) in [7, 11) is 0. The average Bonchev–Trinajstić information content (AvgIpc) is 2.92. The molecule has 0 bridgehead atoms. The van der Waals surface area contributed by atoms with Gasteiger partial charge in [0.15, 0.2) is 11.5 Å². The minimum atomic E-state index is -0.214. The van der Waals surface area contributed by atoms with E-state index in [0.717, 1.165) is 28.9 Å². The number of carbonyl (C=O) groups is 1. The van der Waals surface area contributed by atoms with Crippen molar-refractivity contribution in [1.29, 1.82) is 0 Å². The van der Waals surface area contributed by atoms with Crippen LogP contribution in [0.3, 0.4) is 0 Å². The second-order valence-corrected chi connectivity index (χ2v) is 5.13. The molecule has 0 N–H and O–H groups in total. The number of carbonyl (C=O) groups excluding carboxylic acids is 1. The van der Waals surface area contributed by atoms with Gasteiger partial charge in [0.05, 0.1) is 0 Å². The van der Waals surface area contributed by atoms with E-state index in [1.807, 2.05) is 36.4 Å². The monoisotopic (exact) mass is 288 g/mol. The first kappa shape index (κ1) is 13.0. The highest BCUT2D eigenvalue weighted by Gasteiger charge is 2.16. The van der Waals surface area contributed by atoms with Crippen LogP contribution < -0.4 is 9.47 Å². The van der Waals surface area contributed by atoms with Crippen LogP contribution in [0.2, 0.25) is 5.02 Å². The molecule has 0 aromatic heterocycles. The standard InChI is InChI=1S/C16H13ClO3/c17-14-3-1-2-12(8-14)13(9-18)6-11-4-5-15-16(7-11)20-10-19-15/h1-5,7-9,13H,6,10H2. The molecule has 1 aliphatic rings. The number of hydrogen-bond donors (Lipinski definition) is 0. The summed E-state index contributed by atoms with van der Waals surface area (Å²) in [5.74, 6) is 1.27. The van der Waals surface area contributed by atoms with Gasteiger partial charge in [-0.2, -0.15) is 0 Å². The molecule has 20 heavy (non-hydrogen) atoms. The van der Waals surface area contributed by atoms with E-state index in [-0.39, 0.29) is 12.7 Å². The van der Waals surface area contributed by atoms with Crippen LogP contribution in [-0.2, 0) is 11.2 Å². The zero-order chi connectivity index (χ0) is 13.9. The summed E-state index contributed by atoms with van der Waals surface area (Å²) < 4.78 is 10.6. The number of hydrogen-bond acceptors (Lipinski definition) is 3. The molecule has 2 aromatic carbocycles. The molecule has 3 nitrogen and oxygen atoms in total. The van der Waals surface area contributed by atoms with Crippen LogP contribution in [0.1, 0.15) is 17.0 Å². The van der Waals surface area contributed by atoms with Gasteiger partial charge in [0.1, 0.15) is 6.29 Å². The summed E-state index contributed by atoms with van der Waals surface area (Å²) >= 11 is 5.97. The predicted octanol–water partition coefficient (Wildman–Crippen LogP) is 3.59. The van der Waals surface area contributed by atoms with Gasteiger partial charge in [-0.3, -0.25) is 0 Å². The Kier molecular flexibility index (Phi) is 3.61. The first-order valence-electron chi connectivity index (χ1n) is 6.35. The average molecular weight is 289 g/mol. The van der Waals surface area contributed by atoms with E-state index in [1.165, 1.54) is 0 Å². The fraction of sp³-hybridized carbons (Fsp3) is 0.188. The van der Waals surface area contributed by atoms with Crippen molar-refractivity contribution in [2.45, 2.75) is 12.3 Å². The topological polar surface area (TPSA) is 35.5 Å². The molecule has 1 unspecified atom stereocenters. The van der Waals surface area contributed by atoms with Crippen molar-refractivity contribution < 1.29 is 14.3 Å². The summed E-state index contributed by atoms with van der Waals surface area (Å²) in [6.07, 6.45) is 1.57. The minimum Gasteiger partial charge on any atom is -0.454 e. The number of benzene rings is 2. The smallest absolute Gasteiger partial charge is 0.231 e. The fourth-order valence-corrected chi connectivity index (χ4v) is 2.50. The lowest BCUT2D eigenvalue weighted by Gasteiger charge is -2.11. The highest BCUT2D eigenvalue weighted by molar-refractivity contribution is 6.30. The number of ether oxygens (including phenoxy) is 2. The lowest BCUT2D eigenvalue weighted by atomic mass is 9.93. The largest absolute Gasteiger partial charge is 0.454 e. The molecule has 1 atom stereocenters. The zero-order valence-electron chi connectivity index (χ0n) is 10.7. The molecule has 2 aromatic rings. The number of halogens is 1. The Balaban J connectivity index is 1.83. The highest BCUT2D eigenvalue weighted by atomic mass is 35.5. The maximum atomic E-state index is 11.4. The van der Waals surface area contributed by atoms with Crippen molar-refractivity contribution in [2.24, 2.45) is 0 Å². The van der Waals surface area contributed by atoms with E-state index in [1.54, 1.807) is 6.07 Å². The van der Waals surface area contributed by atoms with Crippen molar-refractivity contribution in [3.05, 3.63) is 58.6 Å². The van der Waals surface area contributed by atoms with Crippen molar-refractivity contribution >= 4 is 17.9 Å². The first-order valence-corrected chi connectivity index (χ1v) is 6.73. The van der Waals surface area contributed by atoms with Crippen LogP contribution in [0.15, 0.2) is 42.5 Å². The summed E-state index contributed by atoms with van der Waals surface area (Å²) in [6, 6.07) is 13.1. The fourth-order valence-electron chi connectivity index (χ4n) is 2.30. The third-order valence-electron chi connectivity index (χ3n) is 3.33. The van der Waals surface area contributed by atoms with Crippen molar-refractivity contribution in [1.82, 2.24) is 0 Å². The van der Waals surface area contributed by atoms with Gasteiger partial charge >= 0.3 is 0 Å². The second kappa shape index (κ2) is 5.55. The zero-order valence-corrected chi connectivity index (χ0v) is 11.5. The highest BCUT2D eigenvalue weighted by Crippen LogP contribution is 2.33. The normalized spacial score (nSPS) is 14.1. The Morgan fingerprint density at radius 1 is 1.15 bits per heavy atom. The summed E-state index contributed by atoms with van der Waals surface area (Å²) in [5, 5.41) is 0.639. The van der Waals surface area contributed by atoms with Gasteiger partial charge in [-0.15, -0.1) is 0 Å². The van der Waals surface area contributed by atoms with Gasteiger partial charge in [-0.1, -0.05) is 29.8 Å². The molecule has 0 saturated carbocycles. The molecule has 1 aliphatic heterocycles. The van der Waals surface area contributed by atoms with Gasteiger partial charge in [-0.05, 0) is 41.8 Å². The number of aldehydes is 1. The molecule has 0 amide bonds.